The summed E-state index contributed by atoms with van der Waals surface area (Å²) in [7, 11) is 0. The van der Waals surface area contributed by atoms with Crippen LogP contribution in [0.3, 0.4) is 0 Å². The molecule has 1 aromatic rings. The molecule has 0 N–H and O–H groups in total. The van der Waals surface area contributed by atoms with E-state index in [0.717, 1.165) is 25.5 Å². The van der Waals surface area contributed by atoms with Crippen molar-refractivity contribution >= 4 is 6.29 Å². The SMILES string of the molecule is O=C[C@]1(c2ccc3c(c2)OCO3)CCCCC[C@@H]1F. The minimum atomic E-state index is -1.12. The second-order valence-corrected chi connectivity index (χ2v) is 5.29. The van der Waals surface area contributed by atoms with Crippen LogP contribution in [0.25, 0.3) is 0 Å². The molecule has 3 rings (SSSR count). The molecule has 0 radical (unpaired) electrons. The highest BCUT2D eigenvalue weighted by Crippen LogP contribution is 2.42. The predicted molar refractivity (Wildman–Crippen MR) is 68.3 cm³/mol. The van der Waals surface area contributed by atoms with Crippen molar-refractivity contribution in [1.82, 2.24) is 0 Å². The lowest BCUT2D eigenvalue weighted by atomic mass is 9.74. The number of benzene rings is 1. The molecule has 2 atom stereocenters. The van der Waals surface area contributed by atoms with Crippen molar-refractivity contribution in [3.63, 3.8) is 0 Å². The Morgan fingerprint density at radius 1 is 1.21 bits per heavy atom. The van der Waals surface area contributed by atoms with Crippen LogP contribution in [0, 0.1) is 0 Å². The lowest BCUT2D eigenvalue weighted by Crippen LogP contribution is -2.37. The summed E-state index contributed by atoms with van der Waals surface area (Å²) in [5.41, 5.74) is -0.307. The van der Waals surface area contributed by atoms with Crippen molar-refractivity contribution < 1.29 is 18.7 Å². The maximum atomic E-state index is 14.5. The zero-order valence-electron chi connectivity index (χ0n) is 10.7. The first-order valence-electron chi connectivity index (χ1n) is 6.77. The van der Waals surface area contributed by atoms with Gasteiger partial charge in [0, 0.05) is 0 Å². The average molecular weight is 264 g/mol. The van der Waals surface area contributed by atoms with E-state index in [2.05, 4.69) is 0 Å². The molecular weight excluding hydrogens is 247 g/mol. The standard InChI is InChI=1S/C15H17FO3/c16-14-4-2-1-3-7-15(14,9-17)11-5-6-12-13(8-11)19-10-18-12/h5-6,8-9,14H,1-4,7,10H2/t14-,15-/m0/s1. The molecule has 0 amide bonds. The first-order valence-corrected chi connectivity index (χ1v) is 6.77. The molecule has 19 heavy (non-hydrogen) atoms. The Labute approximate surface area is 111 Å². The van der Waals surface area contributed by atoms with Crippen LogP contribution in [-0.4, -0.2) is 19.3 Å². The third-order valence-corrected chi connectivity index (χ3v) is 4.23. The lowest BCUT2D eigenvalue weighted by molar-refractivity contribution is -0.115. The number of aldehydes is 1. The summed E-state index contributed by atoms with van der Waals surface area (Å²) in [4.78, 5) is 11.6. The third kappa shape index (κ3) is 1.99. The Morgan fingerprint density at radius 2 is 2.05 bits per heavy atom. The Hall–Kier alpha value is -1.58. The fourth-order valence-electron chi connectivity index (χ4n) is 3.04. The van der Waals surface area contributed by atoms with Gasteiger partial charge in [-0.15, -0.1) is 0 Å². The van der Waals surface area contributed by atoms with Crippen molar-refractivity contribution in [1.29, 1.82) is 0 Å². The summed E-state index contributed by atoms with van der Waals surface area (Å²) in [6.07, 6.45) is 3.41. The number of ether oxygens (including phenoxy) is 2. The van der Waals surface area contributed by atoms with E-state index in [4.69, 9.17) is 9.47 Å². The van der Waals surface area contributed by atoms with Crippen LogP contribution >= 0.6 is 0 Å². The molecule has 0 bridgehead atoms. The fraction of sp³-hybridized carbons (Fsp3) is 0.533. The number of fused-ring (bicyclic) bond motifs is 1. The van der Waals surface area contributed by atoms with Crippen LogP contribution < -0.4 is 9.47 Å². The Morgan fingerprint density at radius 3 is 2.89 bits per heavy atom. The average Bonchev–Trinajstić information content (AvgIpc) is 2.82. The van der Waals surface area contributed by atoms with Crippen molar-refractivity contribution in [2.24, 2.45) is 0 Å². The molecule has 3 nitrogen and oxygen atoms in total. The van der Waals surface area contributed by atoms with Gasteiger partial charge in [-0.25, -0.2) is 4.39 Å². The van der Waals surface area contributed by atoms with Gasteiger partial charge < -0.3 is 14.3 Å². The number of carbonyl (C=O) groups excluding carboxylic acids is 1. The Kier molecular flexibility index (Phi) is 3.17. The molecule has 1 heterocycles. The van der Waals surface area contributed by atoms with Gasteiger partial charge in [0.25, 0.3) is 0 Å². The highest BCUT2D eigenvalue weighted by atomic mass is 19.1. The van der Waals surface area contributed by atoms with E-state index in [1.54, 1.807) is 18.2 Å². The molecule has 102 valence electrons. The first kappa shape index (κ1) is 12.5. The number of hydrogen-bond acceptors (Lipinski definition) is 3. The number of hydrogen-bond donors (Lipinski definition) is 0. The number of alkyl halides is 1. The fourth-order valence-corrected chi connectivity index (χ4v) is 3.04. The van der Waals surface area contributed by atoms with Crippen LogP contribution in [0.4, 0.5) is 4.39 Å². The van der Waals surface area contributed by atoms with Crippen LogP contribution in [0.2, 0.25) is 0 Å². The van der Waals surface area contributed by atoms with Gasteiger partial charge in [0.2, 0.25) is 6.79 Å². The van der Waals surface area contributed by atoms with Gasteiger partial charge >= 0.3 is 0 Å². The zero-order valence-corrected chi connectivity index (χ0v) is 10.7. The summed E-state index contributed by atoms with van der Waals surface area (Å²) in [5.74, 6) is 1.27. The molecule has 2 aliphatic rings. The predicted octanol–water partition coefficient (Wildman–Crippen LogP) is 3.15. The van der Waals surface area contributed by atoms with Gasteiger partial charge in [-0.3, -0.25) is 0 Å². The third-order valence-electron chi connectivity index (χ3n) is 4.23. The summed E-state index contributed by atoms with van der Waals surface area (Å²) in [6, 6.07) is 5.31. The number of halogens is 1. The summed E-state index contributed by atoms with van der Waals surface area (Å²) in [6.45, 7) is 0.186. The maximum Gasteiger partial charge on any atom is 0.231 e. The number of carbonyl (C=O) groups is 1. The van der Waals surface area contributed by atoms with Crippen LogP contribution in [0.1, 0.15) is 37.7 Å². The molecule has 0 unspecified atom stereocenters. The van der Waals surface area contributed by atoms with E-state index in [0.29, 0.717) is 29.9 Å². The van der Waals surface area contributed by atoms with Gasteiger partial charge in [0.1, 0.15) is 12.5 Å². The van der Waals surface area contributed by atoms with Crippen LogP contribution in [0.5, 0.6) is 11.5 Å². The van der Waals surface area contributed by atoms with Gasteiger partial charge in [0.15, 0.2) is 11.5 Å². The largest absolute Gasteiger partial charge is 0.454 e. The minimum absolute atomic E-state index is 0.186. The monoisotopic (exact) mass is 264 g/mol. The van der Waals surface area contributed by atoms with E-state index in [-0.39, 0.29) is 6.79 Å². The molecule has 1 aromatic carbocycles. The summed E-state index contributed by atoms with van der Waals surface area (Å²) >= 11 is 0. The second kappa shape index (κ2) is 4.83. The van der Waals surface area contributed by atoms with Crippen LogP contribution in [0.15, 0.2) is 18.2 Å². The molecule has 4 heteroatoms. The maximum absolute atomic E-state index is 14.5. The summed E-state index contributed by atoms with van der Waals surface area (Å²) in [5, 5.41) is 0. The van der Waals surface area contributed by atoms with Crippen molar-refractivity contribution in [3.8, 4) is 11.5 Å². The normalized spacial score (nSPS) is 29.8. The molecular formula is C15H17FO3. The number of rotatable bonds is 2. The topological polar surface area (TPSA) is 35.5 Å². The quantitative estimate of drug-likeness (QED) is 0.608. The van der Waals surface area contributed by atoms with Crippen molar-refractivity contribution in [3.05, 3.63) is 23.8 Å². The van der Waals surface area contributed by atoms with Gasteiger partial charge in [-0.2, -0.15) is 0 Å². The van der Waals surface area contributed by atoms with Crippen molar-refractivity contribution in [2.75, 3.05) is 6.79 Å². The second-order valence-electron chi connectivity index (χ2n) is 5.29. The van der Waals surface area contributed by atoms with E-state index < -0.39 is 11.6 Å². The minimum Gasteiger partial charge on any atom is -0.454 e. The van der Waals surface area contributed by atoms with Gasteiger partial charge in [-0.05, 0) is 30.5 Å². The summed E-state index contributed by atoms with van der Waals surface area (Å²) < 4.78 is 25.1. The first-order chi connectivity index (χ1) is 9.26. The molecule has 1 aliphatic carbocycles. The van der Waals surface area contributed by atoms with Gasteiger partial charge in [-0.1, -0.05) is 25.3 Å². The smallest absolute Gasteiger partial charge is 0.231 e. The molecule has 1 saturated carbocycles. The van der Waals surface area contributed by atoms with E-state index >= 15 is 0 Å². The van der Waals surface area contributed by atoms with E-state index in [1.165, 1.54) is 0 Å². The molecule has 0 spiro atoms. The molecule has 0 saturated heterocycles. The zero-order chi connectivity index (χ0) is 13.3. The highest BCUT2D eigenvalue weighted by molar-refractivity contribution is 5.71. The molecule has 0 aromatic heterocycles. The molecule has 1 fully saturated rings. The van der Waals surface area contributed by atoms with Gasteiger partial charge in [0.05, 0.1) is 5.41 Å². The highest BCUT2D eigenvalue weighted by Gasteiger charge is 2.42. The van der Waals surface area contributed by atoms with Crippen molar-refractivity contribution in [2.45, 2.75) is 43.7 Å². The van der Waals surface area contributed by atoms with E-state index in [9.17, 15) is 9.18 Å². The van der Waals surface area contributed by atoms with Crippen LogP contribution in [-0.2, 0) is 10.2 Å². The molecule has 1 aliphatic heterocycles. The lowest BCUT2D eigenvalue weighted by Gasteiger charge is -2.30. The Bertz CT molecular complexity index is 488. The Balaban J connectivity index is 2.02. The van der Waals surface area contributed by atoms with E-state index in [1.807, 2.05) is 0 Å².